The smallest absolute Gasteiger partial charge is 0.0587 e. The van der Waals surface area contributed by atoms with Crippen LogP contribution in [0.1, 0.15) is 40.0 Å². The summed E-state index contributed by atoms with van der Waals surface area (Å²) < 4.78 is 5.05. The largest absolute Gasteiger partial charge is 0.383 e. The Balaban J connectivity index is 3.64. The Kier molecular flexibility index (Phi) is 12.9. The molecule has 0 saturated heterocycles. The molecule has 0 aromatic rings. The Hall–Kier alpha value is 0.270. The second kappa shape index (κ2) is 12.7. The molecular formula is C14H31NOS. The van der Waals surface area contributed by atoms with Crippen LogP contribution in [0.5, 0.6) is 0 Å². The summed E-state index contributed by atoms with van der Waals surface area (Å²) in [5.41, 5.74) is 0. The normalized spacial score (nSPS) is 13.2. The summed E-state index contributed by atoms with van der Waals surface area (Å²) in [6.07, 6.45) is 4.07. The summed E-state index contributed by atoms with van der Waals surface area (Å²) in [7, 11) is 1.76. The Morgan fingerprint density at radius 1 is 1.29 bits per heavy atom. The first-order valence-corrected chi connectivity index (χ1v) is 8.13. The van der Waals surface area contributed by atoms with Crippen molar-refractivity contribution in [3.8, 4) is 0 Å². The number of hydrogen-bond acceptors (Lipinski definition) is 3. The van der Waals surface area contributed by atoms with Gasteiger partial charge in [-0.2, -0.15) is 11.8 Å². The zero-order chi connectivity index (χ0) is 12.9. The summed E-state index contributed by atoms with van der Waals surface area (Å²) in [5.74, 6) is 4.22. The molecule has 0 rings (SSSR count). The summed E-state index contributed by atoms with van der Waals surface area (Å²) in [4.78, 5) is 0. The highest BCUT2D eigenvalue weighted by Crippen LogP contribution is 2.18. The maximum absolute atomic E-state index is 5.05. The molecule has 0 aromatic heterocycles. The Bertz CT molecular complexity index is 141. The molecule has 0 amide bonds. The minimum atomic E-state index is 0.808. The van der Waals surface area contributed by atoms with Gasteiger partial charge in [-0.1, -0.05) is 20.8 Å². The predicted octanol–water partition coefficient (Wildman–Crippen LogP) is 3.42. The molecule has 0 fully saturated rings. The van der Waals surface area contributed by atoms with E-state index in [0.29, 0.717) is 0 Å². The lowest BCUT2D eigenvalue weighted by atomic mass is 9.93. The van der Waals surface area contributed by atoms with Gasteiger partial charge in [0.2, 0.25) is 0 Å². The molecule has 0 heterocycles. The summed E-state index contributed by atoms with van der Waals surface area (Å²) in [6, 6.07) is 0. The Morgan fingerprint density at radius 3 is 2.65 bits per heavy atom. The van der Waals surface area contributed by atoms with E-state index in [1.807, 2.05) is 0 Å². The second-order valence-corrected chi connectivity index (χ2v) is 6.43. The molecule has 1 N–H and O–H groups in total. The van der Waals surface area contributed by atoms with E-state index in [2.05, 4.69) is 37.8 Å². The lowest BCUT2D eigenvalue weighted by Gasteiger charge is -2.19. The van der Waals surface area contributed by atoms with Gasteiger partial charge in [0.1, 0.15) is 0 Å². The summed E-state index contributed by atoms with van der Waals surface area (Å²) in [5, 5.41) is 3.50. The zero-order valence-corrected chi connectivity index (χ0v) is 12.9. The third kappa shape index (κ3) is 12.5. The maximum atomic E-state index is 5.05. The van der Waals surface area contributed by atoms with Crippen molar-refractivity contribution in [1.29, 1.82) is 0 Å². The molecule has 104 valence electrons. The van der Waals surface area contributed by atoms with Crippen LogP contribution in [-0.4, -0.2) is 38.3 Å². The van der Waals surface area contributed by atoms with E-state index in [9.17, 15) is 0 Å². The molecule has 1 atom stereocenters. The number of nitrogens with one attached hydrogen (secondary N) is 1. The lowest BCUT2D eigenvalue weighted by molar-refractivity contribution is 0.196. The molecule has 17 heavy (non-hydrogen) atoms. The van der Waals surface area contributed by atoms with Crippen molar-refractivity contribution in [1.82, 2.24) is 5.32 Å². The zero-order valence-electron chi connectivity index (χ0n) is 12.1. The van der Waals surface area contributed by atoms with Crippen molar-refractivity contribution in [3.05, 3.63) is 0 Å². The molecule has 0 radical (unpaired) electrons. The highest BCUT2D eigenvalue weighted by molar-refractivity contribution is 7.99. The van der Waals surface area contributed by atoms with E-state index in [-0.39, 0.29) is 0 Å². The average molecular weight is 261 g/mol. The summed E-state index contributed by atoms with van der Waals surface area (Å²) in [6.45, 7) is 9.84. The lowest BCUT2D eigenvalue weighted by Crippen LogP contribution is -2.27. The van der Waals surface area contributed by atoms with E-state index in [1.165, 1.54) is 30.8 Å². The predicted molar refractivity (Wildman–Crippen MR) is 79.9 cm³/mol. The molecule has 1 unspecified atom stereocenters. The molecule has 0 saturated carbocycles. The van der Waals surface area contributed by atoms with Crippen molar-refractivity contribution in [2.45, 2.75) is 40.0 Å². The standard InChI is InChI=1S/C14H31NOS/c1-5-17-10-6-7-14(11-13(2)3)12-15-8-9-16-4/h13-15H,5-12H2,1-4H3. The third-order valence-electron chi connectivity index (χ3n) is 2.83. The van der Waals surface area contributed by atoms with Crippen LogP contribution in [-0.2, 0) is 4.74 Å². The molecule has 0 aliphatic carbocycles. The first-order valence-electron chi connectivity index (χ1n) is 6.98. The topological polar surface area (TPSA) is 21.3 Å². The van der Waals surface area contributed by atoms with E-state index < -0.39 is 0 Å². The number of hydrogen-bond donors (Lipinski definition) is 1. The van der Waals surface area contributed by atoms with Gasteiger partial charge in [0.25, 0.3) is 0 Å². The van der Waals surface area contributed by atoms with E-state index in [0.717, 1.165) is 31.5 Å². The van der Waals surface area contributed by atoms with Gasteiger partial charge in [0.15, 0.2) is 0 Å². The van der Waals surface area contributed by atoms with Crippen LogP contribution < -0.4 is 5.32 Å². The Labute approximate surface area is 112 Å². The Morgan fingerprint density at radius 2 is 2.06 bits per heavy atom. The van der Waals surface area contributed by atoms with Crippen molar-refractivity contribution >= 4 is 11.8 Å². The SMILES string of the molecule is CCSCCCC(CNCCOC)CC(C)C. The first kappa shape index (κ1) is 17.3. The van der Waals surface area contributed by atoms with Gasteiger partial charge in [0, 0.05) is 13.7 Å². The minimum Gasteiger partial charge on any atom is -0.383 e. The monoisotopic (exact) mass is 261 g/mol. The highest BCUT2D eigenvalue weighted by atomic mass is 32.2. The van der Waals surface area contributed by atoms with Gasteiger partial charge in [-0.3, -0.25) is 0 Å². The number of methoxy groups -OCH3 is 1. The molecule has 0 spiro atoms. The molecule has 0 aromatic carbocycles. The molecule has 0 bridgehead atoms. The molecule has 3 heteroatoms. The van der Waals surface area contributed by atoms with E-state index in [4.69, 9.17) is 4.74 Å². The van der Waals surface area contributed by atoms with Crippen molar-refractivity contribution in [2.24, 2.45) is 11.8 Å². The fourth-order valence-corrected chi connectivity index (χ4v) is 2.73. The fraction of sp³-hybridized carbons (Fsp3) is 1.00. The van der Waals surface area contributed by atoms with Crippen LogP contribution in [0.25, 0.3) is 0 Å². The molecule has 0 aliphatic heterocycles. The third-order valence-corrected chi connectivity index (χ3v) is 3.81. The van der Waals surface area contributed by atoms with Gasteiger partial charge in [-0.05, 0) is 49.1 Å². The van der Waals surface area contributed by atoms with Gasteiger partial charge >= 0.3 is 0 Å². The molecular weight excluding hydrogens is 230 g/mol. The van der Waals surface area contributed by atoms with Gasteiger partial charge < -0.3 is 10.1 Å². The van der Waals surface area contributed by atoms with Gasteiger partial charge in [-0.15, -0.1) is 0 Å². The quantitative estimate of drug-likeness (QED) is 0.544. The summed E-state index contributed by atoms with van der Waals surface area (Å²) >= 11 is 2.06. The molecule has 0 aliphatic rings. The van der Waals surface area contributed by atoms with E-state index in [1.54, 1.807) is 7.11 Å². The number of rotatable bonds is 12. The van der Waals surface area contributed by atoms with E-state index >= 15 is 0 Å². The number of thioether (sulfide) groups is 1. The highest BCUT2D eigenvalue weighted by Gasteiger charge is 2.10. The molecule has 2 nitrogen and oxygen atoms in total. The van der Waals surface area contributed by atoms with Crippen LogP contribution in [0.4, 0.5) is 0 Å². The van der Waals surface area contributed by atoms with Crippen LogP contribution in [0, 0.1) is 11.8 Å². The van der Waals surface area contributed by atoms with Crippen LogP contribution in [0.3, 0.4) is 0 Å². The first-order chi connectivity index (χ1) is 8.20. The maximum Gasteiger partial charge on any atom is 0.0587 e. The van der Waals surface area contributed by atoms with Crippen molar-refractivity contribution in [2.75, 3.05) is 38.3 Å². The second-order valence-electron chi connectivity index (χ2n) is 5.03. The fourth-order valence-electron chi connectivity index (χ4n) is 2.07. The van der Waals surface area contributed by atoms with Gasteiger partial charge in [0.05, 0.1) is 6.61 Å². The number of ether oxygens (including phenoxy) is 1. The van der Waals surface area contributed by atoms with Crippen LogP contribution >= 0.6 is 11.8 Å². The van der Waals surface area contributed by atoms with Crippen LogP contribution in [0.15, 0.2) is 0 Å². The average Bonchev–Trinajstić information content (AvgIpc) is 2.29. The van der Waals surface area contributed by atoms with Gasteiger partial charge in [-0.25, -0.2) is 0 Å². The van der Waals surface area contributed by atoms with Crippen molar-refractivity contribution in [3.63, 3.8) is 0 Å². The van der Waals surface area contributed by atoms with Crippen molar-refractivity contribution < 1.29 is 4.74 Å². The minimum absolute atomic E-state index is 0.808. The van der Waals surface area contributed by atoms with Crippen LogP contribution in [0.2, 0.25) is 0 Å².